The zero-order valence-corrected chi connectivity index (χ0v) is 18.9. The van der Waals surface area contributed by atoms with Crippen molar-refractivity contribution in [2.75, 3.05) is 14.1 Å². The van der Waals surface area contributed by atoms with Crippen LogP contribution in [-0.2, 0) is 12.8 Å². The number of hydrogen-bond donors (Lipinski definition) is 2. The molecule has 0 saturated heterocycles. The minimum atomic E-state index is 0.866. The molecule has 0 heterocycles. The lowest BCUT2D eigenvalue weighted by molar-refractivity contribution is 1.17. The number of hydrogen-bond acceptors (Lipinski definition) is 4. The van der Waals surface area contributed by atoms with Crippen LogP contribution in [0.2, 0.25) is 0 Å². The quantitative estimate of drug-likeness (QED) is 0.350. The lowest BCUT2D eigenvalue weighted by atomic mass is 10.0. The molecule has 0 spiro atoms. The second-order valence-corrected chi connectivity index (χ2v) is 6.86. The van der Waals surface area contributed by atoms with Gasteiger partial charge in [0.15, 0.2) is 0 Å². The summed E-state index contributed by atoms with van der Waals surface area (Å²) >= 11 is 0. The van der Waals surface area contributed by atoms with E-state index in [1.807, 2.05) is 36.4 Å². The average molecular weight is 425 g/mol. The molecule has 4 aromatic rings. The number of rotatable bonds is 6. The van der Waals surface area contributed by atoms with Gasteiger partial charge < -0.3 is 11.5 Å². The van der Waals surface area contributed by atoms with Gasteiger partial charge in [0.25, 0.3) is 0 Å². The molecule has 0 fully saturated rings. The zero-order valence-electron chi connectivity index (χ0n) is 18.9. The molecule has 164 valence electrons. The minimum absolute atomic E-state index is 0.866. The van der Waals surface area contributed by atoms with Gasteiger partial charge in [-0.25, -0.2) is 0 Å². The van der Waals surface area contributed by atoms with Crippen molar-refractivity contribution < 1.29 is 0 Å². The molecule has 4 nitrogen and oxygen atoms in total. The van der Waals surface area contributed by atoms with Gasteiger partial charge in [-0.05, 0) is 73.5 Å². The summed E-state index contributed by atoms with van der Waals surface area (Å²) in [5.74, 6) is 0. The van der Waals surface area contributed by atoms with Crippen molar-refractivity contribution >= 4 is 11.4 Å². The van der Waals surface area contributed by atoms with Crippen LogP contribution in [0.15, 0.2) is 119 Å². The van der Waals surface area contributed by atoms with Gasteiger partial charge >= 0.3 is 0 Å². The largest absolute Gasteiger partial charge is 0.333 e. The highest BCUT2D eigenvalue weighted by Gasteiger charge is 1.98. The van der Waals surface area contributed by atoms with Crippen molar-refractivity contribution in [2.24, 2.45) is 21.7 Å². The molecule has 0 unspecified atom stereocenters. The summed E-state index contributed by atoms with van der Waals surface area (Å²) in [4.78, 5) is 0. The Morgan fingerprint density at radius 2 is 0.688 bits per heavy atom. The van der Waals surface area contributed by atoms with Crippen LogP contribution < -0.4 is 11.5 Å². The molecule has 0 aromatic heterocycles. The van der Waals surface area contributed by atoms with Crippen LogP contribution in [-0.4, -0.2) is 14.1 Å². The van der Waals surface area contributed by atoms with Crippen LogP contribution in [0.5, 0.6) is 0 Å². The molecule has 4 heteroatoms. The Morgan fingerprint density at radius 1 is 0.406 bits per heavy atom. The van der Waals surface area contributed by atoms with E-state index in [1.165, 1.54) is 36.3 Å². The van der Waals surface area contributed by atoms with Gasteiger partial charge in [-0.3, -0.25) is 0 Å². The van der Waals surface area contributed by atoms with Crippen LogP contribution in [0.25, 0.3) is 0 Å². The number of azo groups is 1. The third-order valence-corrected chi connectivity index (χ3v) is 4.66. The molecule has 0 bridgehead atoms. The molecule has 0 radical (unpaired) electrons. The fourth-order valence-electron chi connectivity index (χ4n) is 3.14. The SMILES string of the molecule is CN.CN.c1ccc(Cc2ccc(N=Nc3ccc(Cc4ccccc4)cc3)cc2)cc1. The van der Waals surface area contributed by atoms with Gasteiger partial charge in [-0.2, -0.15) is 10.2 Å². The summed E-state index contributed by atoms with van der Waals surface area (Å²) in [6, 6.07) is 37.5. The van der Waals surface area contributed by atoms with E-state index in [9.17, 15) is 0 Å². The van der Waals surface area contributed by atoms with Gasteiger partial charge in [0, 0.05) is 0 Å². The number of nitrogens with two attached hydrogens (primary N) is 2. The first-order chi connectivity index (χ1) is 15.8. The summed E-state index contributed by atoms with van der Waals surface area (Å²) in [6.07, 6.45) is 1.86. The Bertz CT molecular complexity index is 939. The topological polar surface area (TPSA) is 76.8 Å². The van der Waals surface area contributed by atoms with Crippen molar-refractivity contribution in [3.05, 3.63) is 131 Å². The molecule has 32 heavy (non-hydrogen) atoms. The summed E-state index contributed by atoms with van der Waals surface area (Å²) in [6.45, 7) is 0. The molecular weight excluding hydrogens is 392 g/mol. The highest BCUT2D eigenvalue weighted by molar-refractivity contribution is 5.43. The standard InChI is InChI=1S/C26H22N2.2CH5N/c1-3-7-21(8-4-1)19-23-11-15-25(16-12-23)27-28-26-17-13-24(14-18-26)20-22-9-5-2-6-10-22;2*1-2/h1-18H,19-20H2;2*2H2,1H3. The predicted molar refractivity (Wildman–Crippen MR) is 136 cm³/mol. The second-order valence-electron chi connectivity index (χ2n) is 6.86. The monoisotopic (exact) mass is 424 g/mol. The molecule has 0 amide bonds. The normalized spacial score (nSPS) is 10.0. The smallest absolute Gasteiger partial charge is 0.0857 e. The molecule has 0 atom stereocenters. The van der Waals surface area contributed by atoms with E-state index in [0.717, 1.165) is 24.2 Å². The lowest BCUT2D eigenvalue weighted by Crippen LogP contribution is -1.86. The van der Waals surface area contributed by atoms with Crippen molar-refractivity contribution in [3.63, 3.8) is 0 Å². The van der Waals surface area contributed by atoms with Crippen molar-refractivity contribution in [2.45, 2.75) is 12.8 Å². The Balaban J connectivity index is 0.000000860. The molecule has 0 saturated carbocycles. The maximum absolute atomic E-state index is 4.50. The third-order valence-electron chi connectivity index (χ3n) is 4.66. The number of nitrogens with zero attached hydrogens (tertiary/aromatic N) is 2. The summed E-state index contributed by atoms with van der Waals surface area (Å²) in [7, 11) is 3.00. The molecular formula is C28H32N4. The van der Waals surface area contributed by atoms with Gasteiger partial charge in [-0.1, -0.05) is 84.9 Å². The molecule has 4 N–H and O–H groups in total. The summed E-state index contributed by atoms with van der Waals surface area (Å²) in [5, 5.41) is 8.73. The van der Waals surface area contributed by atoms with E-state index in [1.54, 1.807) is 0 Å². The molecule has 0 aliphatic carbocycles. The van der Waals surface area contributed by atoms with Crippen molar-refractivity contribution in [3.8, 4) is 0 Å². The Hall–Kier alpha value is -3.60. The van der Waals surface area contributed by atoms with E-state index in [2.05, 4.69) is 94.5 Å². The van der Waals surface area contributed by atoms with E-state index in [4.69, 9.17) is 0 Å². The fourth-order valence-corrected chi connectivity index (χ4v) is 3.14. The Morgan fingerprint density at radius 3 is 1.00 bits per heavy atom. The maximum Gasteiger partial charge on any atom is 0.0857 e. The van der Waals surface area contributed by atoms with E-state index in [0.29, 0.717) is 0 Å². The van der Waals surface area contributed by atoms with Gasteiger partial charge in [0.2, 0.25) is 0 Å². The molecule has 0 aliphatic rings. The summed E-state index contributed by atoms with van der Waals surface area (Å²) in [5.41, 5.74) is 15.9. The van der Waals surface area contributed by atoms with Crippen molar-refractivity contribution in [1.29, 1.82) is 0 Å². The van der Waals surface area contributed by atoms with Crippen LogP contribution in [0, 0.1) is 0 Å². The molecule has 0 aliphatic heterocycles. The highest BCUT2D eigenvalue weighted by Crippen LogP contribution is 2.21. The highest BCUT2D eigenvalue weighted by atomic mass is 15.1. The average Bonchev–Trinajstić information content (AvgIpc) is 2.88. The maximum atomic E-state index is 4.50. The van der Waals surface area contributed by atoms with Crippen LogP contribution >= 0.6 is 0 Å². The minimum Gasteiger partial charge on any atom is -0.333 e. The van der Waals surface area contributed by atoms with Crippen LogP contribution in [0.3, 0.4) is 0 Å². The van der Waals surface area contributed by atoms with E-state index in [-0.39, 0.29) is 0 Å². The van der Waals surface area contributed by atoms with Crippen LogP contribution in [0.1, 0.15) is 22.3 Å². The lowest BCUT2D eigenvalue weighted by Gasteiger charge is -2.03. The van der Waals surface area contributed by atoms with Gasteiger partial charge in [0.1, 0.15) is 0 Å². The first-order valence-corrected chi connectivity index (χ1v) is 10.7. The van der Waals surface area contributed by atoms with E-state index >= 15 is 0 Å². The zero-order chi connectivity index (χ0) is 23.0. The number of benzene rings is 4. The van der Waals surface area contributed by atoms with Gasteiger partial charge in [-0.15, -0.1) is 0 Å². The predicted octanol–water partition coefficient (Wildman–Crippen LogP) is 6.43. The Kier molecular flexibility index (Phi) is 11.1. The molecule has 4 aromatic carbocycles. The molecule has 4 rings (SSSR count). The fraction of sp³-hybridized carbons (Fsp3) is 0.143. The Labute approximate surface area is 191 Å². The van der Waals surface area contributed by atoms with E-state index < -0.39 is 0 Å². The third kappa shape index (κ3) is 8.26. The first-order valence-electron chi connectivity index (χ1n) is 10.7. The second kappa shape index (κ2) is 14.4. The first kappa shape index (κ1) is 24.7. The summed E-state index contributed by atoms with van der Waals surface area (Å²) < 4.78 is 0. The van der Waals surface area contributed by atoms with Gasteiger partial charge in [0.05, 0.1) is 11.4 Å². The van der Waals surface area contributed by atoms with Crippen LogP contribution in [0.4, 0.5) is 11.4 Å². The van der Waals surface area contributed by atoms with Crippen molar-refractivity contribution in [1.82, 2.24) is 0 Å².